The Bertz CT molecular complexity index is 443. The fourth-order valence-electron chi connectivity index (χ4n) is 1.94. The minimum absolute atomic E-state index is 0.172. The van der Waals surface area contributed by atoms with Crippen LogP contribution < -0.4 is 5.32 Å². The lowest BCUT2D eigenvalue weighted by atomic mass is 10.1. The molecule has 1 aromatic carbocycles. The second-order valence-electron chi connectivity index (χ2n) is 4.57. The number of carboxylic acids is 1. The van der Waals surface area contributed by atoms with Gasteiger partial charge in [-0.05, 0) is 43.8 Å². The molecule has 1 amide bonds. The number of carbonyl (C=O) groups excluding carboxylic acids is 1. The molecule has 0 radical (unpaired) electrons. The van der Waals surface area contributed by atoms with Gasteiger partial charge in [0.2, 0.25) is 0 Å². The van der Waals surface area contributed by atoms with E-state index in [-0.39, 0.29) is 11.5 Å². The molecule has 0 bridgehead atoms. The van der Waals surface area contributed by atoms with Crippen molar-refractivity contribution in [3.63, 3.8) is 0 Å². The molecule has 5 heteroatoms. The van der Waals surface area contributed by atoms with Gasteiger partial charge in [0.1, 0.15) is 0 Å². The van der Waals surface area contributed by atoms with Gasteiger partial charge in [-0.1, -0.05) is 13.8 Å². The molecule has 2 N–H and O–H groups in total. The molecular weight excluding hydrogens is 256 g/mol. The van der Waals surface area contributed by atoms with Gasteiger partial charge in [0.15, 0.2) is 0 Å². The summed E-state index contributed by atoms with van der Waals surface area (Å²) < 4.78 is 0. The SMILES string of the molecule is CCCN(CC)CCNC(=O)c1ccc(C(=O)O)cc1. The number of aromatic carboxylic acids is 1. The first-order chi connectivity index (χ1) is 9.58. The second-order valence-corrected chi connectivity index (χ2v) is 4.57. The van der Waals surface area contributed by atoms with Gasteiger partial charge < -0.3 is 15.3 Å². The summed E-state index contributed by atoms with van der Waals surface area (Å²) in [5.41, 5.74) is 0.662. The van der Waals surface area contributed by atoms with E-state index in [4.69, 9.17) is 5.11 Å². The molecule has 0 unspecified atom stereocenters. The standard InChI is InChI=1S/C15H22N2O3/c1-3-10-17(4-2)11-9-16-14(18)12-5-7-13(8-6-12)15(19)20/h5-8H,3-4,9-11H2,1-2H3,(H,16,18)(H,19,20). The highest BCUT2D eigenvalue weighted by Gasteiger charge is 2.08. The maximum absolute atomic E-state index is 11.9. The van der Waals surface area contributed by atoms with Crippen molar-refractivity contribution in [1.29, 1.82) is 0 Å². The van der Waals surface area contributed by atoms with Crippen LogP contribution in [-0.4, -0.2) is 48.1 Å². The molecule has 110 valence electrons. The van der Waals surface area contributed by atoms with E-state index in [1.54, 1.807) is 0 Å². The van der Waals surface area contributed by atoms with E-state index in [1.165, 1.54) is 24.3 Å². The summed E-state index contributed by atoms with van der Waals surface area (Å²) in [6.07, 6.45) is 1.10. The van der Waals surface area contributed by atoms with E-state index in [0.29, 0.717) is 12.1 Å². The Kier molecular flexibility index (Phi) is 6.73. The quantitative estimate of drug-likeness (QED) is 0.761. The second kappa shape index (κ2) is 8.32. The third-order valence-corrected chi connectivity index (χ3v) is 3.09. The first-order valence-corrected chi connectivity index (χ1v) is 6.92. The molecule has 0 saturated carbocycles. The van der Waals surface area contributed by atoms with E-state index in [9.17, 15) is 9.59 Å². The van der Waals surface area contributed by atoms with Crippen molar-refractivity contribution >= 4 is 11.9 Å². The molecule has 1 aromatic rings. The van der Waals surface area contributed by atoms with Crippen LogP contribution in [0.2, 0.25) is 0 Å². The predicted octanol–water partition coefficient (Wildman–Crippen LogP) is 1.85. The van der Waals surface area contributed by atoms with Gasteiger partial charge in [0.05, 0.1) is 5.56 Å². The van der Waals surface area contributed by atoms with Crippen molar-refractivity contribution < 1.29 is 14.7 Å². The number of likely N-dealkylation sites (N-methyl/N-ethyl adjacent to an activating group) is 1. The molecule has 0 aliphatic heterocycles. The van der Waals surface area contributed by atoms with Crippen molar-refractivity contribution in [3.8, 4) is 0 Å². The van der Waals surface area contributed by atoms with Crippen molar-refractivity contribution in [3.05, 3.63) is 35.4 Å². The Morgan fingerprint density at radius 1 is 1.10 bits per heavy atom. The Morgan fingerprint density at radius 3 is 2.20 bits per heavy atom. The number of hydrogen-bond donors (Lipinski definition) is 2. The summed E-state index contributed by atoms with van der Waals surface area (Å²) in [7, 11) is 0. The molecule has 5 nitrogen and oxygen atoms in total. The topological polar surface area (TPSA) is 69.6 Å². The van der Waals surface area contributed by atoms with Gasteiger partial charge in [-0.3, -0.25) is 4.79 Å². The van der Waals surface area contributed by atoms with Crippen LogP contribution in [-0.2, 0) is 0 Å². The Labute approximate surface area is 119 Å². The fourth-order valence-corrected chi connectivity index (χ4v) is 1.94. The lowest BCUT2D eigenvalue weighted by Gasteiger charge is -2.19. The normalized spacial score (nSPS) is 10.6. The van der Waals surface area contributed by atoms with Gasteiger partial charge in [-0.25, -0.2) is 4.79 Å². The highest BCUT2D eigenvalue weighted by Crippen LogP contribution is 2.04. The molecule has 20 heavy (non-hydrogen) atoms. The van der Waals surface area contributed by atoms with E-state index in [2.05, 4.69) is 24.1 Å². The van der Waals surface area contributed by atoms with Gasteiger partial charge in [-0.15, -0.1) is 0 Å². The largest absolute Gasteiger partial charge is 0.478 e. The number of amides is 1. The number of carboxylic acid groups (broad SMARTS) is 1. The van der Waals surface area contributed by atoms with Crippen LogP contribution in [0.4, 0.5) is 0 Å². The molecule has 0 atom stereocenters. The number of rotatable bonds is 8. The average Bonchev–Trinajstić information content (AvgIpc) is 2.46. The zero-order valence-corrected chi connectivity index (χ0v) is 12.1. The maximum Gasteiger partial charge on any atom is 0.335 e. The lowest BCUT2D eigenvalue weighted by molar-refractivity contribution is 0.0696. The maximum atomic E-state index is 11.9. The number of nitrogens with zero attached hydrogens (tertiary/aromatic N) is 1. The third kappa shape index (κ3) is 5.01. The third-order valence-electron chi connectivity index (χ3n) is 3.09. The first-order valence-electron chi connectivity index (χ1n) is 6.92. The molecule has 0 saturated heterocycles. The van der Waals surface area contributed by atoms with Crippen LogP contribution in [0.1, 0.15) is 41.0 Å². The lowest BCUT2D eigenvalue weighted by Crippen LogP contribution is -2.35. The zero-order valence-electron chi connectivity index (χ0n) is 12.1. The zero-order chi connectivity index (χ0) is 15.0. The number of hydrogen-bond acceptors (Lipinski definition) is 3. The minimum Gasteiger partial charge on any atom is -0.478 e. The van der Waals surface area contributed by atoms with Gasteiger partial charge in [-0.2, -0.15) is 0 Å². The van der Waals surface area contributed by atoms with Crippen LogP contribution in [0.25, 0.3) is 0 Å². The predicted molar refractivity (Wildman–Crippen MR) is 78.1 cm³/mol. The average molecular weight is 278 g/mol. The van der Waals surface area contributed by atoms with E-state index in [1.807, 2.05) is 0 Å². The number of nitrogens with one attached hydrogen (secondary N) is 1. The molecule has 0 aliphatic rings. The summed E-state index contributed by atoms with van der Waals surface area (Å²) in [5, 5.41) is 11.6. The Morgan fingerprint density at radius 2 is 1.70 bits per heavy atom. The minimum atomic E-state index is -0.991. The van der Waals surface area contributed by atoms with Crippen LogP contribution in [0.3, 0.4) is 0 Å². The molecule has 0 spiro atoms. The van der Waals surface area contributed by atoms with E-state index < -0.39 is 5.97 Å². The van der Waals surface area contributed by atoms with E-state index in [0.717, 1.165) is 26.1 Å². The van der Waals surface area contributed by atoms with Gasteiger partial charge in [0, 0.05) is 18.7 Å². The fraction of sp³-hybridized carbons (Fsp3) is 0.467. The molecule has 0 aromatic heterocycles. The molecule has 0 aliphatic carbocycles. The summed E-state index contributed by atoms with van der Waals surface area (Å²) in [6.45, 7) is 7.64. The van der Waals surface area contributed by atoms with Gasteiger partial charge >= 0.3 is 5.97 Å². The molecule has 1 rings (SSSR count). The van der Waals surface area contributed by atoms with Crippen LogP contribution in [0.5, 0.6) is 0 Å². The summed E-state index contributed by atoms with van der Waals surface area (Å²) >= 11 is 0. The van der Waals surface area contributed by atoms with Crippen LogP contribution >= 0.6 is 0 Å². The summed E-state index contributed by atoms with van der Waals surface area (Å²) in [4.78, 5) is 24.9. The van der Waals surface area contributed by atoms with Crippen molar-refractivity contribution in [2.45, 2.75) is 20.3 Å². The Hall–Kier alpha value is -1.88. The monoisotopic (exact) mass is 278 g/mol. The van der Waals surface area contributed by atoms with Crippen molar-refractivity contribution in [2.24, 2.45) is 0 Å². The molecular formula is C15H22N2O3. The summed E-state index contributed by atoms with van der Waals surface area (Å²) in [5.74, 6) is -1.16. The molecule has 0 heterocycles. The number of benzene rings is 1. The highest BCUT2D eigenvalue weighted by molar-refractivity contribution is 5.95. The van der Waals surface area contributed by atoms with Gasteiger partial charge in [0.25, 0.3) is 5.91 Å². The van der Waals surface area contributed by atoms with E-state index >= 15 is 0 Å². The Balaban J connectivity index is 2.44. The van der Waals surface area contributed by atoms with Crippen LogP contribution in [0.15, 0.2) is 24.3 Å². The summed E-state index contributed by atoms with van der Waals surface area (Å²) in [6, 6.07) is 5.93. The smallest absolute Gasteiger partial charge is 0.335 e. The first kappa shape index (κ1) is 16.2. The number of carbonyl (C=O) groups is 2. The van der Waals surface area contributed by atoms with Crippen LogP contribution in [0, 0.1) is 0 Å². The molecule has 0 fully saturated rings. The highest BCUT2D eigenvalue weighted by atomic mass is 16.4. The van der Waals surface area contributed by atoms with Crippen molar-refractivity contribution in [1.82, 2.24) is 10.2 Å². The van der Waals surface area contributed by atoms with Crippen molar-refractivity contribution in [2.75, 3.05) is 26.2 Å².